The molecule has 0 aliphatic carbocycles. The Morgan fingerprint density at radius 3 is 2.48 bits per heavy atom. The van der Waals surface area contributed by atoms with Gasteiger partial charge >= 0.3 is 0 Å². The Hall–Kier alpha value is -2.91. The molecule has 0 radical (unpaired) electrons. The van der Waals surface area contributed by atoms with Crippen LogP contribution in [0.2, 0.25) is 0 Å². The van der Waals surface area contributed by atoms with Crippen LogP contribution in [-0.4, -0.2) is 73.0 Å². The summed E-state index contributed by atoms with van der Waals surface area (Å²) in [5, 5.41) is 7.58. The Bertz CT molecular complexity index is 944. The zero-order valence-electron chi connectivity index (χ0n) is 20.0. The second-order valence-electron chi connectivity index (χ2n) is 9.16. The molecule has 2 fully saturated rings. The number of piperidine rings is 1. The number of carbonyl (C=O) groups excluding carboxylic acids is 2. The van der Waals surface area contributed by atoms with E-state index in [1.165, 1.54) is 0 Å². The van der Waals surface area contributed by atoms with Crippen molar-refractivity contribution in [3.8, 4) is 0 Å². The quantitative estimate of drug-likeness (QED) is 0.581. The van der Waals surface area contributed by atoms with Crippen molar-refractivity contribution in [2.45, 2.75) is 39.2 Å². The third-order valence-electron chi connectivity index (χ3n) is 6.91. The van der Waals surface area contributed by atoms with Gasteiger partial charge in [-0.15, -0.1) is 0 Å². The lowest BCUT2D eigenvalue weighted by atomic mass is 10.0. The van der Waals surface area contributed by atoms with Crippen molar-refractivity contribution >= 4 is 17.5 Å². The molecule has 9 heteroatoms. The van der Waals surface area contributed by atoms with Gasteiger partial charge < -0.3 is 15.5 Å². The van der Waals surface area contributed by atoms with Gasteiger partial charge in [-0.1, -0.05) is 0 Å². The molecule has 0 bridgehead atoms. The number of rotatable bonds is 5. The van der Waals surface area contributed by atoms with E-state index in [0.717, 1.165) is 62.4 Å². The van der Waals surface area contributed by atoms with E-state index in [1.807, 2.05) is 38.2 Å². The summed E-state index contributed by atoms with van der Waals surface area (Å²) >= 11 is 0. The number of carbonyl (C=O) groups is 2. The Morgan fingerprint density at radius 2 is 1.88 bits per heavy atom. The monoisotopic (exact) mass is 453 g/mol. The number of aromatic nitrogens is 1. The van der Waals surface area contributed by atoms with E-state index in [9.17, 15) is 9.59 Å². The van der Waals surface area contributed by atoms with Crippen LogP contribution in [0.5, 0.6) is 0 Å². The average molecular weight is 454 g/mol. The molecule has 0 saturated carbocycles. The normalized spacial score (nSPS) is 22.3. The van der Waals surface area contributed by atoms with E-state index in [-0.39, 0.29) is 11.8 Å². The van der Waals surface area contributed by atoms with Crippen molar-refractivity contribution in [1.29, 1.82) is 0 Å². The summed E-state index contributed by atoms with van der Waals surface area (Å²) in [6, 6.07) is 4.32. The summed E-state index contributed by atoms with van der Waals surface area (Å²) in [5.41, 5.74) is 7.28. The first-order valence-electron chi connectivity index (χ1n) is 11.8. The summed E-state index contributed by atoms with van der Waals surface area (Å²) in [5.74, 6) is 0.135. The third kappa shape index (κ3) is 4.89. The summed E-state index contributed by atoms with van der Waals surface area (Å²) in [6.45, 7) is 7.89. The highest BCUT2D eigenvalue weighted by molar-refractivity contribution is 5.95. The highest BCUT2D eigenvalue weighted by Crippen LogP contribution is 2.31. The Kier molecular flexibility index (Phi) is 6.99. The Labute approximate surface area is 195 Å². The van der Waals surface area contributed by atoms with E-state index in [0.29, 0.717) is 23.4 Å². The zero-order chi connectivity index (χ0) is 23.5. The van der Waals surface area contributed by atoms with Gasteiger partial charge in [-0.25, -0.2) is 10.4 Å². The number of hydrogen-bond acceptors (Lipinski definition) is 7. The number of anilines is 1. The lowest BCUT2D eigenvalue weighted by Crippen LogP contribution is -2.46. The maximum Gasteiger partial charge on any atom is 0.273 e. The molecule has 9 nitrogen and oxygen atoms in total. The lowest BCUT2D eigenvalue weighted by Gasteiger charge is -2.38. The number of amides is 2. The fourth-order valence-corrected chi connectivity index (χ4v) is 5.08. The summed E-state index contributed by atoms with van der Waals surface area (Å²) in [4.78, 5) is 33.6. The largest absolute Gasteiger partial charge is 0.370 e. The van der Waals surface area contributed by atoms with E-state index >= 15 is 0 Å². The predicted molar refractivity (Wildman–Crippen MR) is 128 cm³/mol. The summed E-state index contributed by atoms with van der Waals surface area (Å²) < 4.78 is 0. The van der Waals surface area contributed by atoms with Crippen LogP contribution in [0.15, 0.2) is 41.5 Å². The van der Waals surface area contributed by atoms with Crippen LogP contribution >= 0.6 is 0 Å². The fraction of sp³-hybridized carbons (Fsp3) is 0.542. The first-order valence-corrected chi connectivity index (χ1v) is 11.8. The molecule has 3 N–H and O–H groups in total. The predicted octanol–water partition coefficient (Wildman–Crippen LogP) is 1.43. The van der Waals surface area contributed by atoms with E-state index < -0.39 is 0 Å². The minimum absolute atomic E-state index is 0.0374. The smallest absolute Gasteiger partial charge is 0.273 e. The van der Waals surface area contributed by atoms with Gasteiger partial charge in [0.15, 0.2) is 0 Å². The van der Waals surface area contributed by atoms with Crippen molar-refractivity contribution < 1.29 is 9.59 Å². The van der Waals surface area contributed by atoms with Crippen molar-refractivity contribution in [2.24, 2.45) is 5.92 Å². The molecule has 3 aliphatic heterocycles. The molecule has 0 spiro atoms. The van der Waals surface area contributed by atoms with Crippen molar-refractivity contribution in [3.05, 3.63) is 47.2 Å². The minimum Gasteiger partial charge on any atom is -0.370 e. The molecule has 3 aliphatic rings. The van der Waals surface area contributed by atoms with E-state index in [2.05, 4.69) is 30.8 Å². The SMILES string of the molecule is CNC(=O)c1ccc(N2CCC(N3CCC(C4=CN(NC)C(=C(C)C)C(=O)N4)C3)CC2)cn1. The van der Waals surface area contributed by atoms with Crippen molar-refractivity contribution in [1.82, 2.24) is 31.0 Å². The third-order valence-corrected chi connectivity index (χ3v) is 6.91. The molecule has 2 amide bonds. The number of nitrogens with zero attached hydrogens (tertiary/aromatic N) is 4. The maximum atomic E-state index is 12.7. The van der Waals surface area contributed by atoms with Gasteiger partial charge in [-0.3, -0.25) is 19.5 Å². The van der Waals surface area contributed by atoms with Crippen LogP contribution in [-0.2, 0) is 4.79 Å². The van der Waals surface area contributed by atoms with Crippen LogP contribution in [0.3, 0.4) is 0 Å². The maximum absolute atomic E-state index is 12.7. The number of likely N-dealkylation sites (tertiary alicyclic amines) is 1. The van der Waals surface area contributed by atoms with Gasteiger partial charge in [0.25, 0.3) is 11.8 Å². The van der Waals surface area contributed by atoms with Crippen LogP contribution in [0.4, 0.5) is 5.69 Å². The molecule has 178 valence electrons. The number of hydrazine groups is 1. The molecule has 4 heterocycles. The number of hydrogen-bond donors (Lipinski definition) is 3. The molecule has 0 aromatic carbocycles. The van der Waals surface area contributed by atoms with E-state index in [1.54, 1.807) is 19.3 Å². The van der Waals surface area contributed by atoms with E-state index in [4.69, 9.17) is 0 Å². The van der Waals surface area contributed by atoms with Gasteiger partial charge in [0.2, 0.25) is 0 Å². The van der Waals surface area contributed by atoms with Gasteiger partial charge in [0, 0.05) is 57.6 Å². The van der Waals surface area contributed by atoms with Crippen LogP contribution in [0.25, 0.3) is 0 Å². The molecular weight excluding hydrogens is 418 g/mol. The fourth-order valence-electron chi connectivity index (χ4n) is 5.08. The minimum atomic E-state index is -0.164. The van der Waals surface area contributed by atoms with Gasteiger partial charge in [-0.2, -0.15) is 0 Å². The zero-order valence-corrected chi connectivity index (χ0v) is 20.0. The molecular formula is C24H35N7O2. The number of nitrogens with one attached hydrogen (secondary N) is 3. The number of allylic oxidation sites excluding steroid dienone is 1. The molecule has 1 aromatic rings. The molecule has 1 aromatic heterocycles. The van der Waals surface area contributed by atoms with Gasteiger partial charge in [0.05, 0.1) is 11.9 Å². The molecule has 1 atom stereocenters. The molecule has 1 unspecified atom stereocenters. The van der Waals surface area contributed by atoms with Crippen LogP contribution in [0, 0.1) is 5.92 Å². The Morgan fingerprint density at radius 1 is 1.12 bits per heavy atom. The topological polar surface area (TPSA) is 92.8 Å². The number of pyridine rings is 1. The first kappa shape index (κ1) is 23.3. The first-order chi connectivity index (χ1) is 15.9. The summed E-state index contributed by atoms with van der Waals surface area (Å²) in [7, 11) is 3.45. The van der Waals surface area contributed by atoms with Gasteiger partial charge in [0.1, 0.15) is 11.4 Å². The lowest BCUT2D eigenvalue weighted by molar-refractivity contribution is -0.119. The highest BCUT2D eigenvalue weighted by Gasteiger charge is 2.35. The van der Waals surface area contributed by atoms with Crippen molar-refractivity contribution in [3.63, 3.8) is 0 Å². The average Bonchev–Trinajstić information content (AvgIpc) is 3.33. The van der Waals surface area contributed by atoms with Crippen molar-refractivity contribution in [2.75, 3.05) is 45.2 Å². The van der Waals surface area contributed by atoms with Crippen LogP contribution in [0.1, 0.15) is 43.6 Å². The Balaban J connectivity index is 1.33. The summed E-state index contributed by atoms with van der Waals surface area (Å²) in [6.07, 6.45) is 7.08. The molecule has 2 saturated heterocycles. The highest BCUT2D eigenvalue weighted by atomic mass is 16.2. The van der Waals surface area contributed by atoms with Gasteiger partial charge in [-0.05, 0) is 57.4 Å². The standard InChI is InChI=1S/C24H35N7O2/c1-16(2)22-24(33)28-21(15-31(22)26-4)17-7-10-30(14-17)18-8-11-29(12-9-18)19-5-6-20(27-13-19)23(32)25-3/h5-6,13,15,17-18,26H,7-12,14H2,1-4H3,(H,25,32)(H,28,33). The second-order valence-corrected chi connectivity index (χ2v) is 9.16. The van der Waals surface area contributed by atoms with Crippen LogP contribution < -0.4 is 21.0 Å². The molecule has 4 rings (SSSR count). The second kappa shape index (κ2) is 9.93. The molecule has 33 heavy (non-hydrogen) atoms.